The molecule has 1 aliphatic rings. The molecule has 0 aliphatic carbocycles. The highest BCUT2D eigenvalue weighted by atomic mass is 35.5. The van der Waals surface area contributed by atoms with Crippen molar-refractivity contribution in [1.29, 1.82) is 0 Å². The zero-order chi connectivity index (χ0) is 20.1. The van der Waals surface area contributed by atoms with Gasteiger partial charge in [0.05, 0.1) is 15.5 Å². The number of carbonyl (C=O) groups excluding carboxylic acids is 1. The van der Waals surface area contributed by atoms with Gasteiger partial charge in [0.25, 0.3) is 5.91 Å². The van der Waals surface area contributed by atoms with E-state index in [1.807, 2.05) is 37.4 Å². The molecule has 3 rings (SSSR count). The van der Waals surface area contributed by atoms with Gasteiger partial charge in [-0.15, -0.1) is 0 Å². The van der Waals surface area contributed by atoms with Crippen molar-refractivity contribution in [2.45, 2.75) is 11.3 Å². The summed E-state index contributed by atoms with van der Waals surface area (Å²) in [5.41, 5.74) is 1.28. The summed E-state index contributed by atoms with van der Waals surface area (Å²) in [6.07, 6.45) is 0.684. The van der Waals surface area contributed by atoms with Gasteiger partial charge in [0.15, 0.2) is 0 Å². The Morgan fingerprint density at radius 2 is 1.75 bits per heavy atom. The zero-order valence-electron chi connectivity index (χ0n) is 15.8. The molecule has 6 nitrogen and oxygen atoms in total. The van der Waals surface area contributed by atoms with Crippen LogP contribution in [0.1, 0.15) is 15.9 Å². The average Bonchev–Trinajstić information content (AvgIpc) is 2.69. The Hall–Kier alpha value is -1.93. The van der Waals surface area contributed by atoms with E-state index in [2.05, 4.69) is 10.2 Å². The summed E-state index contributed by atoms with van der Waals surface area (Å²) in [7, 11) is -1.69. The summed E-state index contributed by atoms with van der Waals surface area (Å²) < 4.78 is 27.3. The number of amides is 1. The van der Waals surface area contributed by atoms with E-state index in [9.17, 15) is 13.2 Å². The van der Waals surface area contributed by atoms with Gasteiger partial charge in [-0.05, 0) is 37.2 Å². The Morgan fingerprint density at radius 1 is 1.07 bits per heavy atom. The summed E-state index contributed by atoms with van der Waals surface area (Å²) in [5.74, 6) is -0.378. The third kappa shape index (κ3) is 4.91. The normalized spacial score (nSPS) is 16.1. The topological polar surface area (TPSA) is 69.7 Å². The van der Waals surface area contributed by atoms with Crippen molar-refractivity contribution in [1.82, 2.24) is 14.5 Å². The quantitative estimate of drug-likeness (QED) is 0.776. The van der Waals surface area contributed by atoms with Crippen molar-refractivity contribution >= 4 is 27.5 Å². The van der Waals surface area contributed by atoms with Crippen LogP contribution in [0.5, 0.6) is 0 Å². The Balaban J connectivity index is 1.71. The number of carbonyl (C=O) groups is 1. The standard InChI is InChI=1S/C20H24ClN3O3S/c1-23-11-13-24(14-12-23)28(26,27)17-7-8-19(21)18(15-17)20(25)22-10-9-16-5-3-2-4-6-16/h2-8,15H,9-14H2,1H3,(H,22,25). The van der Waals surface area contributed by atoms with Crippen molar-refractivity contribution in [2.24, 2.45) is 0 Å². The molecule has 0 atom stereocenters. The molecule has 1 aliphatic heterocycles. The van der Waals surface area contributed by atoms with Crippen LogP contribution in [0, 0.1) is 0 Å². The highest BCUT2D eigenvalue weighted by Crippen LogP contribution is 2.23. The zero-order valence-corrected chi connectivity index (χ0v) is 17.3. The molecule has 1 heterocycles. The summed E-state index contributed by atoms with van der Waals surface area (Å²) in [4.78, 5) is 14.7. The maximum atomic E-state index is 12.9. The van der Waals surface area contributed by atoms with E-state index < -0.39 is 10.0 Å². The smallest absolute Gasteiger partial charge is 0.252 e. The molecule has 0 radical (unpaired) electrons. The molecule has 8 heteroatoms. The predicted molar refractivity (Wildman–Crippen MR) is 110 cm³/mol. The van der Waals surface area contributed by atoms with Crippen LogP contribution in [-0.4, -0.2) is 63.3 Å². The van der Waals surface area contributed by atoms with E-state index >= 15 is 0 Å². The van der Waals surface area contributed by atoms with Crippen LogP contribution in [0.2, 0.25) is 5.02 Å². The summed E-state index contributed by atoms with van der Waals surface area (Å²) in [6.45, 7) is 2.66. The molecule has 0 bridgehead atoms. The lowest BCUT2D eigenvalue weighted by atomic mass is 10.1. The van der Waals surface area contributed by atoms with Crippen LogP contribution in [0.25, 0.3) is 0 Å². The molecule has 1 fully saturated rings. The van der Waals surface area contributed by atoms with Gasteiger partial charge in [-0.3, -0.25) is 4.79 Å². The SMILES string of the molecule is CN1CCN(S(=O)(=O)c2ccc(Cl)c(C(=O)NCCc3ccccc3)c2)CC1. The molecule has 2 aromatic rings. The molecule has 0 saturated carbocycles. The molecule has 0 spiro atoms. The van der Waals surface area contributed by atoms with Crippen LogP contribution in [0.4, 0.5) is 0 Å². The van der Waals surface area contributed by atoms with Gasteiger partial charge >= 0.3 is 0 Å². The third-order valence-corrected chi connectivity index (χ3v) is 7.05. The second-order valence-corrected chi connectivity index (χ2v) is 9.19. The van der Waals surface area contributed by atoms with E-state index in [4.69, 9.17) is 11.6 Å². The highest BCUT2D eigenvalue weighted by molar-refractivity contribution is 7.89. The Bertz CT molecular complexity index is 927. The van der Waals surface area contributed by atoms with Crippen LogP contribution in [-0.2, 0) is 16.4 Å². The van der Waals surface area contributed by atoms with E-state index in [0.717, 1.165) is 5.56 Å². The van der Waals surface area contributed by atoms with E-state index in [1.54, 1.807) is 0 Å². The maximum Gasteiger partial charge on any atom is 0.252 e. The van der Waals surface area contributed by atoms with Gasteiger partial charge in [-0.2, -0.15) is 4.31 Å². The van der Waals surface area contributed by atoms with Gasteiger partial charge in [0, 0.05) is 32.7 Å². The fourth-order valence-corrected chi connectivity index (χ4v) is 4.73. The molecule has 0 unspecified atom stereocenters. The Morgan fingerprint density at radius 3 is 2.43 bits per heavy atom. The number of halogens is 1. The van der Waals surface area contributed by atoms with Crippen molar-refractivity contribution in [3.8, 4) is 0 Å². The molecule has 2 aromatic carbocycles. The lowest BCUT2D eigenvalue weighted by Gasteiger charge is -2.31. The number of likely N-dealkylation sites (N-methyl/N-ethyl adjacent to an activating group) is 1. The lowest BCUT2D eigenvalue weighted by Crippen LogP contribution is -2.47. The van der Waals surface area contributed by atoms with Crippen LogP contribution in [0.15, 0.2) is 53.4 Å². The van der Waals surface area contributed by atoms with E-state index in [1.165, 1.54) is 22.5 Å². The number of nitrogens with zero attached hydrogens (tertiary/aromatic N) is 2. The minimum Gasteiger partial charge on any atom is -0.352 e. The van der Waals surface area contributed by atoms with Gasteiger partial charge in [-0.25, -0.2) is 8.42 Å². The molecular formula is C20H24ClN3O3S. The molecule has 0 aromatic heterocycles. The molecule has 150 valence electrons. The van der Waals surface area contributed by atoms with Gasteiger partial charge in [0.1, 0.15) is 0 Å². The minimum atomic E-state index is -3.65. The van der Waals surface area contributed by atoms with Gasteiger partial charge < -0.3 is 10.2 Å². The van der Waals surface area contributed by atoms with Crippen LogP contribution >= 0.6 is 11.6 Å². The van der Waals surface area contributed by atoms with Gasteiger partial charge in [-0.1, -0.05) is 41.9 Å². The summed E-state index contributed by atoms with van der Waals surface area (Å²) in [6, 6.07) is 14.1. The fourth-order valence-electron chi connectivity index (χ4n) is 3.08. The first kappa shape index (κ1) is 20.8. The number of benzene rings is 2. The first-order chi connectivity index (χ1) is 13.4. The Labute approximate surface area is 171 Å². The molecule has 28 heavy (non-hydrogen) atoms. The van der Waals surface area contributed by atoms with Gasteiger partial charge in [0.2, 0.25) is 10.0 Å². The number of sulfonamides is 1. The van der Waals surface area contributed by atoms with Crippen molar-refractivity contribution in [3.63, 3.8) is 0 Å². The maximum absolute atomic E-state index is 12.9. The lowest BCUT2D eigenvalue weighted by molar-refractivity contribution is 0.0954. The number of rotatable bonds is 6. The Kier molecular flexibility index (Phi) is 6.72. The van der Waals surface area contributed by atoms with Crippen molar-refractivity contribution in [3.05, 3.63) is 64.7 Å². The third-order valence-electron chi connectivity index (χ3n) is 4.82. The summed E-state index contributed by atoms with van der Waals surface area (Å²) in [5, 5.41) is 3.04. The molecule has 1 N–H and O–H groups in total. The van der Waals surface area contributed by atoms with Crippen molar-refractivity contribution in [2.75, 3.05) is 39.8 Å². The number of hydrogen-bond donors (Lipinski definition) is 1. The monoisotopic (exact) mass is 421 g/mol. The largest absolute Gasteiger partial charge is 0.352 e. The number of piperazine rings is 1. The van der Waals surface area contributed by atoms with E-state index in [0.29, 0.717) is 39.1 Å². The summed E-state index contributed by atoms with van der Waals surface area (Å²) >= 11 is 6.17. The molecule has 1 saturated heterocycles. The average molecular weight is 422 g/mol. The first-order valence-electron chi connectivity index (χ1n) is 9.18. The van der Waals surface area contributed by atoms with Crippen LogP contribution < -0.4 is 5.32 Å². The number of hydrogen-bond acceptors (Lipinski definition) is 4. The highest BCUT2D eigenvalue weighted by Gasteiger charge is 2.28. The van der Waals surface area contributed by atoms with Crippen LogP contribution in [0.3, 0.4) is 0 Å². The second kappa shape index (κ2) is 9.05. The second-order valence-electron chi connectivity index (χ2n) is 6.84. The molecule has 1 amide bonds. The predicted octanol–water partition coefficient (Wildman–Crippen LogP) is 2.25. The first-order valence-corrected chi connectivity index (χ1v) is 11.0. The van der Waals surface area contributed by atoms with E-state index in [-0.39, 0.29) is 21.4 Å². The number of nitrogens with one attached hydrogen (secondary N) is 1. The molecular weight excluding hydrogens is 398 g/mol. The van der Waals surface area contributed by atoms with Crippen molar-refractivity contribution < 1.29 is 13.2 Å². The minimum absolute atomic E-state index is 0.0923. The fraction of sp³-hybridized carbons (Fsp3) is 0.350.